The molecule has 0 fully saturated rings. The molecular weight excluding hydrogens is 437 g/mol. The molecule has 0 heterocycles. The fourth-order valence-electron chi connectivity index (χ4n) is 3.74. The molecule has 2 nitrogen and oxygen atoms in total. The van der Waals surface area contributed by atoms with E-state index in [-0.39, 0.29) is 17.4 Å². The van der Waals surface area contributed by atoms with Gasteiger partial charge in [0.2, 0.25) is 0 Å². The van der Waals surface area contributed by atoms with Gasteiger partial charge < -0.3 is 5.32 Å². The van der Waals surface area contributed by atoms with Crippen LogP contribution in [0.5, 0.6) is 0 Å². The lowest BCUT2D eigenvalue weighted by Crippen LogP contribution is -2.12. The molecule has 0 aliphatic heterocycles. The second-order valence-corrected chi connectivity index (χ2v) is 8.49. The highest BCUT2D eigenvalue weighted by Crippen LogP contribution is 2.35. The number of ketones is 1. The quantitative estimate of drug-likeness (QED) is 0.360. The summed E-state index contributed by atoms with van der Waals surface area (Å²) in [6, 6.07) is 12.9. The number of nitrogens with one attached hydrogen (secondary N) is 1. The first-order valence-corrected chi connectivity index (χ1v) is 10.5. The Balaban J connectivity index is 2.09. The van der Waals surface area contributed by atoms with Gasteiger partial charge in [-0.15, -0.1) is 0 Å². The molecule has 0 radical (unpaired) electrons. The average molecular weight is 461 g/mol. The molecule has 1 unspecified atom stereocenters. The van der Waals surface area contributed by atoms with E-state index in [9.17, 15) is 26.7 Å². The number of Topliss-reactive ketones (excluding diaryl/α,β-unsaturated/α-hetero) is 1. The van der Waals surface area contributed by atoms with E-state index in [0.717, 1.165) is 30.3 Å². The fraction of sp³-hybridized carbons (Fsp3) is 0.269. The molecule has 0 saturated carbocycles. The summed E-state index contributed by atoms with van der Waals surface area (Å²) in [7, 11) is 0. The van der Waals surface area contributed by atoms with Gasteiger partial charge in [-0.3, -0.25) is 4.79 Å². The van der Waals surface area contributed by atoms with Crippen LogP contribution in [0.25, 0.3) is 11.1 Å². The van der Waals surface area contributed by atoms with Crippen LogP contribution >= 0.6 is 0 Å². The molecule has 0 bridgehead atoms. The lowest BCUT2D eigenvalue weighted by Gasteiger charge is -2.20. The van der Waals surface area contributed by atoms with E-state index < -0.39 is 29.3 Å². The second kappa shape index (κ2) is 9.73. The summed E-state index contributed by atoms with van der Waals surface area (Å²) in [5.74, 6) is -1.75. The molecule has 0 aromatic heterocycles. The lowest BCUT2D eigenvalue weighted by atomic mass is 9.85. The first kappa shape index (κ1) is 24.4. The molecule has 174 valence electrons. The van der Waals surface area contributed by atoms with Crippen molar-refractivity contribution in [2.75, 3.05) is 5.32 Å². The number of alkyl halides is 3. The van der Waals surface area contributed by atoms with E-state index >= 15 is 0 Å². The van der Waals surface area contributed by atoms with Crippen molar-refractivity contribution in [1.82, 2.24) is 0 Å². The predicted octanol–water partition coefficient (Wildman–Crippen LogP) is 8.11. The zero-order valence-electron chi connectivity index (χ0n) is 18.4. The maximum Gasteiger partial charge on any atom is 0.416 e. The summed E-state index contributed by atoms with van der Waals surface area (Å²) >= 11 is 0. The van der Waals surface area contributed by atoms with Crippen LogP contribution in [0.3, 0.4) is 0 Å². The third-order valence-corrected chi connectivity index (χ3v) is 5.25. The van der Waals surface area contributed by atoms with Crippen LogP contribution in [-0.4, -0.2) is 5.78 Å². The van der Waals surface area contributed by atoms with Crippen LogP contribution in [-0.2, 0) is 11.0 Å². The summed E-state index contributed by atoms with van der Waals surface area (Å²) in [6.07, 6.45) is -3.87. The summed E-state index contributed by atoms with van der Waals surface area (Å²) in [5.41, 5.74) is 1.64. The van der Waals surface area contributed by atoms with Crippen LogP contribution in [0.2, 0.25) is 0 Å². The Labute approximate surface area is 189 Å². The molecule has 0 spiro atoms. The summed E-state index contributed by atoms with van der Waals surface area (Å²) < 4.78 is 66.2. The maximum absolute atomic E-state index is 13.6. The monoisotopic (exact) mass is 461 g/mol. The first-order valence-electron chi connectivity index (χ1n) is 10.5. The minimum Gasteiger partial charge on any atom is -0.355 e. The van der Waals surface area contributed by atoms with Crippen molar-refractivity contribution >= 4 is 17.2 Å². The van der Waals surface area contributed by atoms with E-state index in [1.165, 1.54) is 19.1 Å². The van der Waals surface area contributed by atoms with Crippen LogP contribution < -0.4 is 5.32 Å². The summed E-state index contributed by atoms with van der Waals surface area (Å²) in [6.45, 7) is 5.47. The highest BCUT2D eigenvalue weighted by atomic mass is 19.4. The Morgan fingerprint density at radius 1 is 0.848 bits per heavy atom. The van der Waals surface area contributed by atoms with Gasteiger partial charge in [0, 0.05) is 23.4 Å². The molecule has 7 heteroatoms. The first-order chi connectivity index (χ1) is 15.4. The Morgan fingerprint density at radius 3 is 1.94 bits per heavy atom. The largest absolute Gasteiger partial charge is 0.416 e. The van der Waals surface area contributed by atoms with E-state index in [2.05, 4.69) is 5.32 Å². The highest BCUT2D eigenvalue weighted by molar-refractivity contribution is 5.85. The van der Waals surface area contributed by atoms with Gasteiger partial charge >= 0.3 is 6.18 Å². The molecular formula is C26H24F5NO. The smallest absolute Gasteiger partial charge is 0.355 e. The number of carbonyl (C=O) groups excluding carboxylic acids is 1. The summed E-state index contributed by atoms with van der Waals surface area (Å²) in [4.78, 5) is 12.4. The van der Waals surface area contributed by atoms with Gasteiger partial charge in [0.1, 0.15) is 17.4 Å². The van der Waals surface area contributed by atoms with Crippen molar-refractivity contribution in [3.8, 4) is 11.1 Å². The van der Waals surface area contributed by atoms with Gasteiger partial charge in [-0.05, 0) is 72.4 Å². The zero-order chi connectivity index (χ0) is 24.3. The Kier molecular flexibility index (Phi) is 7.20. The van der Waals surface area contributed by atoms with E-state index in [4.69, 9.17) is 0 Å². The molecule has 3 aromatic carbocycles. The Bertz CT molecular complexity index is 1120. The Hall–Kier alpha value is -3.22. The third kappa shape index (κ3) is 6.40. The predicted molar refractivity (Wildman–Crippen MR) is 119 cm³/mol. The number of anilines is 2. The molecule has 3 aromatic rings. The molecule has 1 N–H and O–H groups in total. The minimum absolute atomic E-state index is 0.0454. The standard InChI is InChI=1S/C26H24F5NO/c1-15(2)8-25(16(3)33)19-9-18(17-4-6-20(7-5-17)26(29,30)31)10-23(11-19)32-24-13-21(27)12-22(28)14-24/h4-7,9-15,25,32H,8H2,1-3H3. The molecule has 1 atom stereocenters. The van der Waals surface area contributed by atoms with E-state index in [1.807, 2.05) is 13.8 Å². The van der Waals surface area contributed by atoms with E-state index in [1.54, 1.807) is 18.2 Å². The van der Waals surface area contributed by atoms with Gasteiger partial charge in [0.05, 0.1) is 5.56 Å². The van der Waals surface area contributed by atoms with Crippen molar-refractivity contribution in [3.05, 3.63) is 83.4 Å². The number of hydrogen-bond acceptors (Lipinski definition) is 2. The molecule has 3 rings (SSSR count). The van der Waals surface area contributed by atoms with Crippen molar-refractivity contribution in [2.24, 2.45) is 5.92 Å². The fourth-order valence-corrected chi connectivity index (χ4v) is 3.74. The maximum atomic E-state index is 13.6. The van der Waals surface area contributed by atoms with Crippen molar-refractivity contribution < 1.29 is 26.7 Å². The number of rotatable bonds is 7. The Morgan fingerprint density at radius 2 is 1.42 bits per heavy atom. The topological polar surface area (TPSA) is 29.1 Å². The molecule has 0 aliphatic carbocycles. The number of benzene rings is 3. The SMILES string of the molecule is CC(=O)C(CC(C)C)c1cc(Nc2cc(F)cc(F)c2)cc(-c2ccc(C(F)(F)F)cc2)c1. The van der Waals surface area contributed by atoms with Gasteiger partial charge in [-0.25, -0.2) is 8.78 Å². The van der Waals surface area contributed by atoms with Gasteiger partial charge in [0.25, 0.3) is 0 Å². The third-order valence-electron chi connectivity index (χ3n) is 5.25. The van der Waals surface area contributed by atoms with Gasteiger partial charge in [-0.1, -0.05) is 32.0 Å². The molecule has 0 saturated heterocycles. The van der Waals surface area contributed by atoms with Crippen LogP contribution in [0.4, 0.5) is 33.3 Å². The van der Waals surface area contributed by atoms with Crippen molar-refractivity contribution in [2.45, 2.75) is 39.3 Å². The molecule has 0 amide bonds. The highest BCUT2D eigenvalue weighted by Gasteiger charge is 2.30. The average Bonchev–Trinajstić information content (AvgIpc) is 2.70. The zero-order valence-corrected chi connectivity index (χ0v) is 18.4. The summed E-state index contributed by atoms with van der Waals surface area (Å²) in [5, 5.41) is 2.95. The van der Waals surface area contributed by atoms with Crippen LogP contribution in [0.1, 0.15) is 44.2 Å². The van der Waals surface area contributed by atoms with Gasteiger partial charge in [-0.2, -0.15) is 13.2 Å². The van der Waals surface area contributed by atoms with Crippen molar-refractivity contribution in [3.63, 3.8) is 0 Å². The number of halogens is 5. The normalized spacial score (nSPS) is 12.6. The minimum atomic E-state index is -4.45. The molecule has 33 heavy (non-hydrogen) atoms. The van der Waals surface area contributed by atoms with Crippen molar-refractivity contribution in [1.29, 1.82) is 0 Å². The number of carbonyl (C=O) groups is 1. The number of hydrogen-bond donors (Lipinski definition) is 1. The molecule has 0 aliphatic rings. The van der Waals surface area contributed by atoms with Crippen LogP contribution in [0, 0.1) is 17.6 Å². The van der Waals surface area contributed by atoms with E-state index in [0.29, 0.717) is 28.8 Å². The van der Waals surface area contributed by atoms with Crippen LogP contribution in [0.15, 0.2) is 60.7 Å². The second-order valence-electron chi connectivity index (χ2n) is 8.49. The van der Waals surface area contributed by atoms with Gasteiger partial charge in [0.15, 0.2) is 0 Å². The lowest BCUT2D eigenvalue weighted by molar-refractivity contribution is -0.137.